The van der Waals surface area contributed by atoms with E-state index in [0.717, 1.165) is 10.6 Å². The average Bonchev–Trinajstić information content (AvgIpc) is 3.43. The molecule has 2 N–H and O–H groups in total. The van der Waals surface area contributed by atoms with E-state index in [9.17, 15) is 9.59 Å². The third kappa shape index (κ3) is 3.67. The third-order valence-electron chi connectivity index (χ3n) is 3.95. The van der Waals surface area contributed by atoms with Crippen LogP contribution in [0, 0.1) is 0 Å². The van der Waals surface area contributed by atoms with Crippen molar-refractivity contribution in [3.63, 3.8) is 0 Å². The second kappa shape index (κ2) is 7.85. The van der Waals surface area contributed by atoms with Crippen LogP contribution in [0.3, 0.4) is 0 Å². The van der Waals surface area contributed by atoms with Crippen molar-refractivity contribution >= 4 is 23.2 Å². The molecule has 4 rings (SSSR count). The van der Waals surface area contributed by atoms with Gasteiger partial charge in [-0.05, 0) is 41.8 Å². The monoisotopic (exact) mass is 389 g/mol. The van der Waals surface area contributed by atoms with E-state index in [2.05, 4.69) is 20.9 Å². The molecule has 1 aromatic carbocycles. The van der Waals surface area contributed by atoms with Gasteiger partial charge in [0, 0.05) is 18.0 Å². The third-order valence-corrected chi connectivity index (χ3v) is 4.84. The van der Waals surface area contributed by atoms with Gasteiger partial charge in [-0.25, -0.2) is 4.68 Å². The number of hydrogen-bond donors (Lipinski definition) is 2. The number of para-hydroxylation sites is 1. The van der Waals surface area contributed by atoms with Gasteiger partial charge in [-0.15, -0.1) is 11.3 Å². The summed E-state index contributed by atoms with van der Waals surface area (Å²) < 4.78 is 1.56. The maximum atomic E-state index is 12.8. The van der Waals surface area contributed by atoms with Gasteiger partial charge >= 0.3 is 0 Å². The Morgan fingerprint density at radius 2 is 1.64 bits per heavy atom. The van der Waals surface area contributed by atoms with Crippen LogP contribution in [0.2, 0.25) is 0 Å². The molecule has 0 radical (unpaired) electrons. The summed E-state index contributed by atoms with van der Waals surface area (Å²) >= 11 is 1.54. The molecule has 7 nitrogen and oxygen atoms in total. The Bertz CT molecular complexity index is 1090. The van der Waals surface area contributed by atoms with E-state index >= 15 is 0 Å². The van der Waals surface area contributed by atoms with E-state index in [4.69, 9.17) is 0 Å². The van der Waals surface area contributed by atoms with Crippen molar-refractivity contribution in [1.82, 2.24) is 25.6 Å². The summed E-state index contributed by atoms with van der Waals surface area (Å²) in [6.07, 6.45) is 3.02. The van der Waals surface area contributed by atoms with Crippen LogP contribution in [0.5, 0.6) is 0 Å². The standard InChI is InChI=1S/C20H15N5O2S/c26-19(14-8-10-21-11-9-14)22-23-20(27)17-13-16(18-7-4-12-28-18)24-25(17)15-5-2-1-3-6-15/h1-13H,(H,22,26)(H,23,27). The molecule has 138 valence electrons. The number of hydrogen-bond acceptors (Lipinski definition) is 5. The highest BCUT2D eigenvalue weighted by Gasteiger charge is 2.18. The molecular formula is C20H15N5O2S. The fourth-order valence-electron chi connectivity index (χ4n) is 2.61. The molecule has 3 aromatic heterocycles. The largest absolute Gasteiger partial charge is 0.288 e. The van der Waals surface area contributed by atoms with Gasteiger partial charge in [0.1, 0.15) is 11.4 Å². The first-order valence-corrected chi connectivity index (χ1v) is 9.30. The van der Waals surface area contributed by atoms with Crippen LogP contribution in [0.4, 0.5) is 0 Å². The Balaban J connectivity index is 1.60. The summed E-state index contributed by atoms with van der Waals surface area (Å²) in [5, 5.41) is 6.52. The Morgan fingerprint density at radius 3 is 2.36 bits per heavy atom. The van der Waals surface area contributed by atoms with Crippen molar-refractivity contribution < 1.29 is 9.59 Å². The molecule has 0 unspecified atom stereocenters. The van der Waals surface area contributed by atoms with E-state index in [1.54, 1.807) is 22.9 Å². The minimum atomic E-state index is -0.471. The maximum Gasteiger partial charge on any atom is 0.288 e. The number of amides is 2. The molecule has 8 heteroatoms. The smallest absolute Gasteiger partial charge is 0.267 e. The van der Waals surface area contributed by atoms with Crippen LogP contribution >= 0.6 is 11.3 Å². The molecule has 0 atom stereocenters. The van der Waals surface area contributed by atoms with E-state index in [0.29, 0.717) is 17.0 Å². The number of pyridine rings is 1. The lowest BCUT2D eigenvalue weighted by atomic mass is 10.2. The number of thiophene rings is 1. The number of aromatic nitrogens is 3. The fourth-order valence-corrected chi connectivity index (χ4v) is 3.29. The predicted molar refractivity (Wildman–Crippen MR) is 106 cm³/mol. The molecule has 4 aromatic rings. The lowest BCUT2D eigenvalue weighted by molar-refractivity contribution is 0.0842. The Kier molecular flexibility index (Phi) is 4.94. The molecular weight excluding hydrogens is 374 g/mol. The number of rotatable bonds is 4. The summed E-state index contributed by atoms with van der Waals surface area (Å²) in [5.41, 5.74) is 7.00. The fraction of sp³-hybridized carbons (Fsp3) is 0. The van der Waals surface area contributed by atoms with Gasteiger partial charge in [-0.3, -0.25) is 25.4 Å². The number of nitrogens with zero attached hydrogens (tertiary/aromatic N) is 3. The summed E-state index contributed by atoms with van der Waals surface area (Å²) in [4.78, 5) is 29.7. The minimum absolute atomic E-state index is 0.310. The van der Waals surface area contributed by atoms with Crippen molar-refractivity contribution in [3.8, 4) is 16.3 Å². The second-order valence-corrected chi connectivity index (χ2v) is 6.73. The van der Waals surface area contributed by atoms with Crippen molar-refractivity contribution in [3.05, 3.63) is 89.7 Å². The van der Waals surface area contributed by atoms with Gasteiger partial charge < -0.3 is 0 Å². The Labute approximate surface area is 164 Å². The van der Waals surface area contributed by atoms with Gasteiger partial charge in [-0.1, -0.05) is 24.3 Å². The van der Waals surface area contributed by atoms with E-state index in [1.165, 1.54) is 23.7 Å². The number of nitrogens with one attached hydrogen (secondary N) is 2. The van der Waals surface area contributed by atoms with E-state index in [-0.39, 0.29) is 0 Å². The van der Waals surface area contributed by atoms with Crippen molar-refractivity contribution in [1.29, 1.82) is 0 Å². The highest BCUT2D eigenvalue weighted by molar-refractivity contribution is 7.13. The average molecular weight is 389 g/mol. The zero-order chi connectivity index (χ0) is 19.3. The minimum Gasteiger partial charge on any atom is -0.267 e. The first kappa shape index (κ1) is 17.6. The molecule has 0 spiro atoms. The number of carbonyl (C=O) groups excluding carboxylic acids is 2. The molecule has 0 aliphatic rings. The second-order valence-electron chi connectivity index (χ2n) is 5.78. The van der Waals surface area contributed by atoms with Gasteiger partial charge in [0.25, 0.3) is 11.8 Å². The molecule has 3 heterocycles. The van der Waals surface area contributed by atoms with Crippen LogP contribution in [-0.4, -0.2) is 26.6 Å². The van der Waals surface area contributed by atoms with Gasteiger partial charge in [0.15, 0.2) is 0 Å². The van der Waals surface area contributed by atoms with Crippen molar-refractivity contribution in [2.45, 2.75) is 0 Å². The molecule has 0 bridgehead atoms. The molecule has 0 aliphatic heterocycles. The lowest BCUT2D eigenvalue weighted by Gasteiger charge is -2.09. The van der Waals surface area contributed by atoms with Gasteiger partial charge in [0.05, 0.1) is 10.6 Å². The molecule has 0 saturated heterocycles. The van der Waals surface area contributed by atoms with Crippen LogP contribution in [0.25, 0.3) is 16.3 Å². The summed E-state index contributed by atoms with van der Waals surface area (Å²) in [5.74, 6) is -0.901. The van der Waals surface area contributed by atoms with Gasteiger partial charge in [-0.2, -0.15) is 5.10 Å². The summed E-state index contributed by atoms with van der Waals surface area (Å²) in [6, 6.07) is 18.0. The number of hydrazine groups is 1. The summed E-state index contributed by atoms with van der Waals surface area (Å²) in [6.45, 7) is 0. The van der Waals surface area contributed by atoms with Crippen LogP contribution in [-0.2, 0) is 0 Å². The molecule has 0 saturated carbocycles. The topological polar surface area (TPSA) is 88.9 Å². The predicted octanol–water partition coefficient (Wildman–Crippen LogP) is 3.07. The highest BCUT2D eigenvalue weighted by Crippen LogP contribution is 2.25. The summed E-state index contributed by atoms with van der Waals surface area (Å²) in [7, 11) is 0. The molecule has 28 heavy (non-hydrogen) atoms. The van der Waals surface area contributed by atoms with Gasteiger partial charge in [0.2, 0.25) is 0 Å². The van der Waals surface area contributed by atoms with E-state index < -0.39 is 11.8 Å². The quantitative estimate of drug-likeness (QED) is 0.525. The first-order chi connectivity index (χ1) is 13.7. The van der Waals surface area contributed by atoms with E-state index in [1.807, 2.05) is 47.8 Å². The first-order valence-electron chi connectivity index (χ1n) is 8.42. The SMILES string of the molecule is O=C(NNC(=O)c1cc(-c2cccs2)nn1-c1ccccc1)c1ccncc1. The Hall–Kier alpha value is -3.78. The van der Waals surface area contributed by atoms with Crippen LogP contribution < -0.4 is 10.9 Å². The lowest BCUT2D eigenvalue weighted by Crippen LogP contribution is -2.42. The van der Waals surface area contributed by atoms with Crippen LogP contribution in [0.1, 0.15) is 20.8 Å². The molecule has 0 aliphatic carbocycles. The maximum absolute atomic E-state index is 12.8. The van der Waals surface area contributed by atoms with Crippen LogP contribution in [0.15, 0.2) is 78.4 Å². The highest BCUT2D eigenvalue weighted by atomic mass is 32.1. The van der Waals surface area contributed by atoms with Crippen molar-refractivity contribution in [2.24, 2.45) is 0 Å². The zero-order valence-electron chi connectivity index (χ0n) is 14.6. The number of carbonyl (C=O) groups is 2. The normalized spacial score (nSPS) is 10.4. The van der Waals surface area contributed by atoms with Crippen molar-refractivity contribution in [2.75, 3.05) is 0 Å². The molecule has 0 fully saturated rings. The Morgan fingerprint density at radius 1 is 0.893 bits per heavy atom. The number of benzene rings is 1. The zero-order valence-corrected chi connectivity index (χ0v) is 15.4. The molecule has 2 amide bonds.